The first-order valence-electron chi connectivity index (χ1n) is 5.67. The molecule has 0 aliphatic heterocycles. The number of hydrogen-bond acceptors (Lipinski definition) is 3. The van der Waals surface area contributed by atoms with Gasteiger partial charge in [0.2, 0.25) is 0 Å². The molecule has 0 saturated carbocycles. The lowest BCUT2D eigenvalue weighted by Crippen LogP contribution is -2.06. The van der Waals surface area contributed by atoms with E-state index in [-0.39, 0.29) is 11.7 Å². The predicted molar refractivity (Wildman–Crippen MR) is 69.6 cm³/mol. The van der Waals surface area contributed by atoms with Gasteiger partial charge in [-0.2, -0.15) is 0 Å². The second-order valence-electron chi connectivity index (χ2n) is 4.47. The van der Waals surface area contributed by atoms with Gasteiger partial charge in [-0.1, -0.05) is 13.8 Å². The average Bonchev–Trinajstić information content (AvgIpc) is 2.87. The molecule has 0 spiro atoms. The third kappa shape index (κ3) is 2.82. The predicted octanol–water partition coefficient (Wildman–Crippen LogP) is 3.14. The zero-order valence-corrected chi connectivity index (χ0v) is 11.1. The Morgan fingerprint density at radius 1 is 1.53 bits per heavy atom. The SMILES string of the molecule is Cc1csc(Cn2ccc(C(=O)C(C)C)c2)n1. The smallest absolute Gasteiger partial charge is 0.166 e. The summed E-state index contributed by atoms with van der Waals surface area (Å²) < 4.78 is 2.01. The largest absolute Gasteiger partial charge is 0.347 e. The number of aromatic nitrogens is 2. The van der Waals surface area contributed by atoms with Crippen LogP contribution in [-0.4, -0.2) is 15.3 Å². The minimum atomic E-state index is 0.0490. The molecule has 0 aromatic carbocycles. The van der Waals surface area contributed by atoms with Crippen LogP contribution < -0.4 is 0 Å². The van der Waals surface area contributed by atoms with E-state index in [1.54, 1.807) is 11.3 Å². The highest BCUT2D eigenvalue weighted by Crippen LogP contribution is 2.13. The van der Waals surface area contributed by atoms with Gasteiger partial charge >= 0.3 is 0 Å². The molecule has 0 bridgehead atoms. The van der Waals surface area contributed by atoms with Crippen molar-refractivity contribution < 1.29 is 4.79 Å². The summed E-state index contributed by atoms with van der Waals surface area (Å²) in [5.41, 5.74) is 1.84. The Morgan fingerprint density at radius 3 is 2.88 bits per heavy atom. The van der Waals surface area contributed by atoms with Gasteiger partial charge in [0.1, 0.15) is 5.01 Å². The van der Waals surface area contributed by atoms with Crippen molar-refractivity contribution >= 4 is 17.1 Å². The fourth-order valence-electron chi connectivity index (χ4n) is 1.65. The van der Waals surface area contributed by atoms with Gasteiger partial charge in [-0.05, 0) is 13.0 Å². The topological polar surface area (TPSA) is 34.9 Å². The van der Waals surface area contributed by atoms with Gasteiger partial charge in [0, 0.05) is 34.9 Å². The molecule has 2 rings (SSSR count). The fourth-order valence-corrected chi connectivity index (χ4v) is 2.43. The molecule has 0 N–H and O–H groups in total. The van der Waals surface area contributed by atoms with Crippen LogP contribution in [0, 0.1) is 12.8 Å². The molecule has 2 aromatic rings. The molecule has 3 nitrogen and oxygen atoms in total. The van der Waals surface area contributed by atoms with Crippen LogP contribution in [0.25, 0.3) is 0 Å². The molecule has 4 heteroatoms. The van der Waals surface area contributed by atoms with Crippen LogP contribution in [0.4, 0.5) is 0 Å². The quantitative estimate of drug-likeness (QED) is 0.779. The van der Waals surface area contributed by atoms with Gasteiger partial charge in [0.15, 0.2) is 5.78 Å². The molecule has 2 aromatic heterocycles. The number of thiazole rings is 1. The molecule has 0 unspecified atom stereocenters. The average molecular weight is 248 g/mol. The van der Waals surface area contributed by atoms with Gasteiger partial charge in [-0.15, -0.1) is 11.3 Å². The summed E-state index contributed by atoms with van der Waals surface area (Å²) in [6.07, 6.45) is 3.84. The van der Waals surface area contributed by atoms with E-state index in [4.69, 9.17) is 0 Å². The second kappa shape index (κ2) is 4.84. The first kappa shape index (κ1) is 12.0. The Labute approximate surface area is 105 Å². The van der Waals surface area contributed by atoms with Crippen molar-refractivity contribution in [2.75, 3.05) is 0 Å². The number of aryl methyl sites for hydroxylation is 1. The summed E-state index contributed by atoms with van der Waals surface area (Å²) in [6.45, 7) is 6.57. The fraction of sp³-hybridized carbons (Fsp3) is 0.385. The Hall–Kier alpha value is -1.42. The molecule has 0 aliphatic carbocycles. The maximum Gasteiger partial charge on any atom is 0.166 e. The van der Waals surface area contributed by atoms with Crippen LogP contribution in [0.5, 0.6) is 0 Å². The molecular formula is C13H16N2OS. The molecule has 17 heavy (non-hydrogen) atoms. The third-order valence-electron chi connectivity index (χ3n) is 2.54. The first-order valence-corrected chi connectivity index (χ1v) is 6.55. The molecular weight excluding hydrogens is 232 g/mol. The van der Waals surface area contributed by atoms with E-state index in [0.29, 0.717) is 0 Å². The van der Waals surface area contributed by atoms with Crippen molar-refractivity contribution in [1.82, 2.24) is 9.55 Å². The van der Waals surface area contributed by atoms with Crippen molar-refractivity contribution in [3.8, 4) is 0 Å². The zero-order valence-electron chi connectivity index (χ0n) is 10.3. The van der Waals surface area contributed by atoms with E-state index >= 15 is 0 Å². The summed E-state index contributed by atoms with van der Waals surface area (Å²) in [6, 6.07) is 1.88. The highest BCUT2D eigenvalue weighted by molar-refractivity contribution is 7.09. The summed E-state index contributed by atoms with van der Waals surface area (Å²) in [5, 5.41) is 3.11. The molecule has 0 radical (unpaired) electrons. The normalized spacial score (nSPS) is 11.1. The van der Waals surface area contributed by atoms with Gasteiger partial charge in [-0.3, -0.25) is 4.79 Å². The van der Waals surface area contributed by atoms with E-state index in [1.807, 2.05) is 49.2 Å². The van der Waals surface area contributed by atoms with Crippen molar-refractivity contribution in [1.29, 1.82) is 0 Å². The standard InChI is InChI=1S/C13H16N2OS/c1-9(2)13(16)11-4-5-15(6-11)7-12-14-10(3)8-17-12/h4-6,8-9H,7H2,1-3H3. The molecule has 2 heterocycles. The Bertz CT molecular complexity index is 525. The Kier molecular flexibility index (Phi) is 3.43. The summed E-state index contributed by atoms with van der Waals surface area (Å²) >= 11 is 1.65. The summed E-state index contributed by atoms with van der Waals surface area (Å²) in [4.78, 5) is 16.2. The van der Waals surface area contributed by atoms with Crippen LogP contribution in [-0.2, 0) is 6.54 Å². The maximum absolute atomic E-state index is 11.8. The van der Waals surface area contributed by atoms with E-state index < -0.39 is 0 Å². The number of nitrogens with zero attached hydrogens (tertiary/aromatic N) is 2. The minimum Gasteiger partial charge on any atom is -0.347 e. The van der Waals surface area contributed by atoms with E-state index in [9.17, 15) is 4.79 Å². The molecule has 0 aliphatic rings. The van der Waals surface area contributed by atoms with Crippen molar-refractivity contribution in [3.63, 3.8) is 0 Å². The second-order valence-corrected chi connectivity index (χ2v) is 5.42. The van der Waals surface area contributed by atoms with Crippen molar-refractivity contribution in [3.05, 3.63) is 40.1 Å². The number of carbonyl (C=O) groups is 1. The molecule has 0 fully saturated rings. The van der Waals surface area contributed by atoms with Gasteiger partial charge in [-0.25, -0.2) is 4.98 Å². The number of Topliss-reactive ketones (excluding diaryl/α,β-unsaturated/α-hetero) is 1. The van der Waals surface area contributed by atoms with Gasteiger partial charge < -0.3 is 4.57 Å². The van der Waals surface area contributed by atoms with Crippen LogP contribution >= 0.6 is 11.3 Å². The molecule has 90 valence electrons. The zero-order chi connectivity index (χ0) is 12.4. The number of ketones is 1. The van der Waals surface area contributed by atoms with Crippen LogP contribution in [0.2, 0.25) is 0 Å². The minimum absolute atomic E-state index is 0.0490. The van der Waals surface area contributed by atoms with Crippen molar-refractivity contribution in [2.24, 2.45) is 5.92 Å². The molecule has 0 amide bonds. The van der Waals surface area contributed by atoms with E-state index in [1.165, 1.54) is 0 Å². The lowest BCUT2D eigenvalue weighted by molar-refractivity contribution is 0.0939. The Morgan fingerprint density at radius 2 is 2.29 bits per heavy atom. The van der Waals surface area contributed by atoms with E-state index in [0.717, 1.165) is 22.8 Å². The van der Waals surface area contributed by atoms with E-state index in [2.05, 4.69) is 4.98 Å². The van der Waals surface area contributed by atoms with Crippen LogP contribution in [0.15, 0.2) is 23.8 Å². The van der Waals surface area contributed by atoms with Crippen LogP contribution in [0.1, 0.15) is 34.9 Å². The van der Waals surface area contributed by atoms with Gasteiger partial charge in [0.05, 0.1) is 6.54 Å². The number of rotatable bonds is 4. The van der Waals surface area contributed by atoms with Gasteiger partial charge in [0.25, 0.3) is 0 Å². The summed E-state index contributed by atoms with van der Waals surface area (Å²) in [7, 11) is 0. The monoisotopic (exact) mass is 248 g/mol. The molecule has 0 atom stereocenters. The highest BCUT2D eigenvalue weighted by Gasteiger charge is 2.11. The number of carbonyl (C=O) groups excluding carboxylic acids is 1. The maximum atomic E-state index is 11.8. The molecule has 0 saturated heterocycles. The first-order chi connectivity index (χ1) is 8.06. The summed E-state index contributed by atoms with van der Waals surface area (Å²) in [5.74, 6) is 0.243. The number of hydrogen-bond donors (Lipinski definition) is 0. The third-order valence-corrected chi connectivity index (χ3v) is 3.50. The van der Waals surface area contributed by atoms with Crippen LogP contribution in [0.3, 0.4) is 0 Å². The van der Waals surface area contributed by atoms with Crippen molar-refractivity contribution in [2.45, 2.75) is 27.3 Å². The highest BCUT2D eigenvalue weighted by atomic mass is 32.1. The Balaban J connectivity index is 2.11. The lowest BCUT2D eigenvalue weighted by Gasteiger charge is -2.01. The lowest BCUT2D eigenvalue weighted by atomic mass is 10.0.